The number of hydrogen-bond acceptors (Lipinski definition) is 7. The van der Waals surface area contributed by atoms with E-state index in [1.165, 1.54) is 0 Å². The quantitative estimate of drug-likeness (QED) is 0.0807. The van der Waals surface area contributed by atoms with Crippen LogP contribution in [0, 0.1) is 11.8 Å². The van der Waals surface area contributed by atoms with E-state index < -0.39 is 6.10 Å². The molecule has 0 fully saturated rings. The number of benzene rings is 1. The molecule has 1 aromatic rings. The first kappa shape index (κ1) is 33.4. The smallest absolute Gasteiger partial charge is 0.300 e. The number of aliphatic hydroxyl groups excluding tert-OH is 1. The largest absolute Gasteiger partial charge is 0.493 e. The summed E-state index contributed by atoms with van der Waals surface area (Å²) in [5, 5.41) is 17.9. The Morgan fingerprint density at radius 2 is 1.89 bits per heavy atom. The summed E-state index contributed by atoms with van der Waals surface area (Å²) in [6.07, 6.45) is 5.11. The molecule has 0 aliphatic rings. The van der Waals surface area contributed by atoms with E-state index >= 15 is 0 Å². The summed E-state index contributed by atoms with van der Waals surface area (Å²) >= 11 is 5.37. The lowest BCUT2D eigenvalue weighted by molar-refractivity contribution is 0.143. The number of rotatable bonds is 21. The maximum absolute atomic E-state index is 11.0. The van der Waals surface area contributed by atoms with Crippen LogP contribution in [0.5, 0.6) is 11.5 Å². The van der Waals surface area contributed by atoms with Crippen LogP contribution >= 0.6 is 12.2 Å². The Labute approximate surface area is 230 Å². The van der Waals surface area contributed by atoms with E-state index in [1.807, 2.05) is 6.07 Å². The summed E-state index contributed by atoms with van der Waals surface area (Å²) in [4.78, 5) is 0. The molecule has 0 aliphatic heterocycles. The highest BCUT2D eigenvalue weighted by Crippen LogP contribution is 2.33. The molecule has 3 atom stereocenters. The maximum atomic E-state index is 11.0. The Morgan fingerprint density at radius 3 is 2.54 bits per heavy atom. The van der Waals surface area contributed by atoms with Crippen LogP contribution in [0.25, 0.3) is 0 Å². The van der Waals surface area contributed by atoms with Gasteiger partial charge in [0.15, 0.2) is 16.6 Å². The van der Waals surface area contributed by atoms with Gasteiger partial charge in [0, 0.05) is 33.2 Å². The minimum absolute atomic E-state index is 0.0721. The Balaban J connectivity index is 2.81. The van der Waals surface area contributed by atoms with Gasteiger partial charge in [-0.15, -0.1) is 0 Å². The van der Waals surface area contributed by atoms with Gasteiger partial charge in [0.25, 0.3) is 7.48 Å². The van der Waals surface area contributed by atoms with E-state index in [0.29, 0.717) is 42.5 Å². The molecule has 0 aromatic heterocycles. The van der Waals surface area contributed by atoms with Gasteiger partial charge in [0.2, 0.25) is 0 Å². The molecule has 211 valence electrons. The van der Waals surface area contributed by atoms with Crippen molar-refractivity contribution in [3.63, 3.8) is 0 Å². The van der Waals surface area contributed by atoms with E-state index in [0.717, 1.165) is 56.4 Å². The number of nitrogens with two attached hydrogens (primary N) is 1. The first-order chi connectivity index (χ1) is 17.9. The summed E-state index contributed by atoms with van der Waals surface area (Å²) in [6.45, 7) is 9.03. The van der Waals surface area contributed by atoms with Gasteiger partial charge in [-0.1, -0.05) is 39.7 Å². The molecular formula is C27H49BN3O5S. The molecule has 8 nitrogen and oxygen atoms in total. The number of unbranched alkanes of at least 4 members (excludes halogenated alkanes) is 2. The second kappa shape index (κ2) is 20.4. The first-order valence-corrected chi connectivity index (χ1v) is 13.9. The lowest BCUT2D eigenvalue weighted by Gasteiger charge is -2.29. The number of methoxy groups -OCH3 is 2. The summed E-state index contributed by atoms with van der Waals surface area (Å²) in [7, 11) is 5.01. The van der Waals surface area contributed by atoms with Crippen LogP contribution < -0.4 is 25.8 Å². The highest BCUT2D eigenvalue weighted by atomic mass is 32.1. The molecule has 1 rings (SSSR count). The van der Waals surface area contributed by atoms with Gasteiger partial charge in [0.05, 0.1) is 26.6 Å². The van der Waals surface area contributed by atoms with Gasteiger partial charge in [0.1, 0.15) is 0 Å². The third-order valence-electron chi connectivity index (χ3n) is 6.39. The average Bonchev–Trinajstić information content (AvgIpc) is 2.89. The van der Waals surface area contributed by atoms with E-state index in [4.69, 9.17) is 36.8 Å². The van der Waals surface area contributed by atoms with Crippen molar-refractivity contribution in [1.29, 1.82) is 0 Å². The minimum atomic E-state index is -0.668. The Kier molecular flexibility index (Phi) is 18.4. The lowest BCUT2D eigenvalue weighted by Crippen LogP contribution is -2.42. The molecule has 10 heteroatoms. The van der Waals surface area contributed by atoms with Crippen molar-refractivity contribution in [1.82, 2.24) is 10.6 Å². The molecule has 0 unspecified atom stereocenters. The van der Waals surface area contributed by atoms with Gasteiger partial charge in [-0.3, -0.25) is 0 Å². The van der Waals surface area contributed by atoms with Crippen LogP contribution in [0.3, 0.4) is 0 Å². The molecule has 0 bridgehead atoms. The van der Waals surface area contributed by atoms with Crippen LogP contribution in [0.4, 0.5) is 0 Å². The van der Waals surface area contributed by atoms with Gasteiger partial charge >= 0.3 is 0 Å². The zero-order valence-electron chi connectivity index (χ0n) is 23.5. The highest BCUT2D eigenvalue weighted by molar-refractivity contribution is 7.80. The molecule has 1 aromatic carbocycles. The standard InChI is InChI=1S/C27H49BN3O5S/c1-6-7-8-12-30-27(37)31-18-24(32)23(28-36-19-29)17-22(20(2)3)15-21-10-11-25(34-5)26(16-21)35-14-9-13-33-4/h10-11,16,20,22-24,32H,6-9,12-15,17-19,29H2,1-5H3,(H2,30,31,37)/t22-,23-,24-/m0/s1. The molecule has 0 heterocycles. The fraction of sp³-hybridized carbons (Fsp3) is 0.741. The van der Waals surface area contributed by atoms with Crippen molar-refractivity contribution >= 4 is 24.8 Å². The van der Waals surface area contributed by atoms with Crippen molar-refractivity contribution < 1.29 is 24.0 Å². The molecule has 5 N–H and O–H groups in total. The van der Waals surface area contributed by atoms with Gasteiger partial charge in [-0.2, -0.15) is 0 Å². The van der Waals surface area contributed by atoms with E-state index in [-0.39, 0.29) is 12.5 Å². The highest BCUT2D eigenvalue weighted by Gasteiger charge is 2.27. The third-order valence-corrected chi connectivity index (χ3v) is 6.68. The van der Waals surface area contributed by atoms with Crippen LogP contribution in [-0.4, -0.2) is 71.1 Å². The van der Waals surface area contributed by atoms with Crippen molar-refractivity contribution in [2.75, 3.05) is 47.3 Å². The van der Waals surface area contributed by atoms with Gasteiger partial charge in [-0.25, -0.2) is 0 Å². The second-order valence-corrected chi connectivity index (χ2v) is 10.1. The Morgan fingerprint density at radius 1 is 1.11 bits per heavy atom. The normalized spacial score (nSPS) is 13.6. The average molecular weight is 539 g/mol. The Bertz CT molecular complexity index is 744. The summed E-state index contributed by atoms with van der Waals surface area (Å²) in [6, 6.07) is 6.08. The van der Waals surface area contributed by atoms with E-state index in [1.54, 1.807) is 21.7 Å². The number of hydrogen-bond donors (Lipinski definition) is 4. The number of thiocarbonyl (C=S) groups is 1. The SMILES string of the molecule is CCCCCNC(=S)NC[C@H](O)[C@@H]([B]OCN)C[C@H](Cc1ccc(OC)c(OCCCOC)c1)C(C)C. The van der Waals surface area contributed by atoms with Gasteiger partial charge in [-0.05, 0) is 66.8 Å². The van der Waals surface area contributed by atoms with Crippen LogP contribution in [0.1, 0.15) is 58.4 Å². The molecule has 1 radical (unpaired) electrons. The van der Waals surface area contributed by atoms with Crippen molar-refractivity contribution in [3.8, 4) is 11.5 Å². The van der Waals surface area contributed by atoms with E-state index in [2.05, 4.69) is 43.5 Å². The monoisotopic (exact) mass is 538 g/mol. The maximum Gasteiger partial charge on any atom is 0.300 e. The predicted molar refractivity (Wildman–Crippen MR) is 155 cm³/mol. The van der Waals surface area contributed by atoms with Crippen LogP contribution in [0.2, 0.25) is 5.82 Å². The number of ether oxygens (including phenoxy) is 3. The summed E-state index contributed by atoms with van der Waals surface area (Å²) in [5.41, 5.74) is 6.74. The fourth-order valence-corrected chi connectivity index (χ4v) is 4.25. The van der Waals surface area contributed by atoms with Crippen LogP contribution in [-0.2, 0) is 15.8 Å². The van der Waals surface area contributed by atoms with Gasteiger partial charge < -0.3 is 40.3 Å². The molecule has 0 spiro atoms. The zero-order chi connectivity index (χ0) is 27.5. The summed E-state index contributed by atoms with van der Waals surface area (Å²) in [5.74, 6) is 1.94. The molecular weight excluding hydrogens is 489 g/mol. The number of nitrogens with one attached hydrogen (secondary N) is 2. The molecule has 0 amide bonds. The third kappa shape index (κ3) is 14.2. The molecule has 37 heavy (non-hydrogen) atoms. The molecule has 0 saturated heterocycles. The number of aliphatic hydroxyl groups is 1. The lowest BCUT2D eigenvalue weighted by atomic mass is 9.68. The van der Waals surface area contributed by atoms with Crippen LogP contribution in [0.15, 0.2) is 18.2 Å². The van der Waals surface area contributed by atoms with Crippen molar-refractivity contribution in [2.24, 2.45) is 17.6 Å². The fourth-order valence-electron chi connectivity index (χ4n) is 4.06. The topological polar surface area (TPSA) is 107 Å². The van der Waals surface area contributed by atoms with E-state index in [9.17, 15) is 5.11 Å². The predicted octanol–water partition coefficient (Wildman–Crippen LogP) is 3.67. The second-order valence-electron chi connectivity index (χ2n) is 9.67. The minimum Gasteiger partial charge on any atom is -0.493 e. The van der Waals surface area contributed by atoms with Crippen molar-refractivity contribution in [2.45, 2.75) is 71.2 Å². The summed E-state index contributed by atoms with van der Waals surface area (Å²) < 4.78 is 22.0. The first-order valence-electron chi connectivity index (χ1n) is 13.5. The van der Waals surface area contributed by atoms with Crippen molar-refractivity contribution in [3.05, 3.63) is 23.8 Å². The Hall–Kier alpha value is -1.59. The zero-order valence-corrected chi connectivity index (χ0v) is 24.3. The molecule has 0 saturated carbocycles. The molecule has 0 aliphatic carbocycles.